The number of fused-ring (bicyclic) bond motifs is 7. The molecule has 0 saturated heterocycles. The van der Waals surface area contributed by atoms with Crippen molar-refractivity contribution in [1.82, 2.24) is 9.13 Å². The van der Waals surface area contributed by atoms with Gasteiger partial charge in [0.1, 0.15) is 0 Å². The molecule has 2 heterocycles. The zero-order valence-electron chi connectivity index (χ0n) is 39.0. The van der Waals surface area contributed by atoms with Crippen molar-refractivity contribution in [2.75, 3.05) is 9.80 Å². The third-order valence-corrected chi connectivity index (χ3v) is 14.0. The SMILES string of the molecule is Cc1ccc(-n2c3ccccc3c3cc(N(c4ccccc4)c4ccc(-c5ccc(N(c6ccccc6)c6ccc7c(c6)c6ccccc6n7-c6ccc(C)cc6)c6ccccc56)cc4)ccc32)cc1. The molecule has 4 heteroatoms. The Morgan fingerprint density at radius 2 is 0.671 bits per heavy atom. The maximum atomic E-state index is 2.42. The van der Waals surface area contributed by atoms with E-state index in [9.17, 15) is 0 Å². The fourth-order valence-electron chi connectivity index (χ4n) is 10.7. The Hall–Kier alpha value is -9.12. The predicted octanol–water partition coefficient (Wildman–Crippen LogP) is 18.3. The molecule has 0 spiro atoms. The molecule has 0 aliphatic heterocycles. The average molecular weight is 897 g/mol. The van der Waals surface area contributed by atoms with Gasteiger partial charge in [0.2, 0.25) is 0 Å². The summed E-state index contributed by atoms with van der Waals surface area (Å²) >= 11 is 0. The molecule has 0 aliphatic rings. The fourth-order valence-corrected chi connectivity index (χ4v) is 10.7. The Labute approximate surface area is 407 Å². The van der Waals surface area contributed by atoms with E-state index in [0.29, 0.717) is 0 Å². The molecule has 11 aromatic carbocycles. The average Bonchev–Trinajstić information content (AvgIpc) is 3.92. The summed E-state index contributed by atoms with van der Waals surface area (Å²) in [5.74, 6) is 0. The van der Waals surface area contributed by atoms with Crippen molar-refractivity contribution in [2.45, 2.75) is 13.8 Å². The second-order valence-electron chi connectivity index (χ2n) is 18.3. The van der Waals surface area contributed by atoms with Crippen LogP contribution in [-0.4, -0.2) is 9.13 Å². The zero-order chi connectivity index (χ0) is 46.7. The quantitative estimate of drug-likeness (QED) is 0.144. The minimum absolute atomic E-state index is 1.09. The molecule has 0 amide bonds. The maximum Gasteiger partial charge on any atom is 0.0542 e. The number of nitrogens with zero attached hydrogens (tertiary/aromatic N) is 4. The number of aromatic nitrogens is 2. The van der Waals surface area contributed by atoms with Crippen LogP contribution < -0.4 is 9.80 Å². The number of rotatable bonds is 9. The molecule has 4 nitrogen and oxygen atoms in total. The van der Waals surface area contributed by atoms with Gasteiger partial charge in [-0.05, 0) is 146 Å². The molecular weight excluding hydrogens is 849 g/mol. The summed E-state index contributed by atoms with van der Waals surface area (Å²) in [7, 11) is 0. The van der Waals surface area contributed by atoms with Crippen LogP contribution in [0.3, 0.4) is 0 Å². The molecule has 332 valence electrons. The molecule has 13 rings (SSSR count). The van der Waals surface area contributed by atoms with Crippen molar-refractivity contribution in [1.29, 1.82) is 0 Å². The molecule has 0 fully saturated rings. The number of para-hydroxylation sites is 4. The van der Waals surface area contributed by atoms with Gasteiger partial charge in [-0.15, -0.1) is 0 Å². The van der Waals surface area contributed by atoms with E-state index in [1.54, 1.807) is 0 Å². The van der Waals surface area contributed by atoms with E-state index in [2.05, 4.69) is 288 Å². The van der Waals surface area contributed by atoms with E-state index in [4.69, 9.17) is 0 Å². The molecule has 13 aromatic rings. The lowest BCUT2D eigenvalue weighted by Crippen LogP contribution is -2.10. The zero-order valence-corrected chi connectivity index (χ0v) is 39.0. The van der Waals surface area contributed by atoms with Crippen molar-refractivity contribution in [3.05, 3.63) is 266 Å². The number of anilines is 6. The number of hydrogen-bond acceptors (Lipinski definition) is 2. The second-order valence-corrected chi connectivity index (χ2v) is 18.3. The highest BCUT2D eigenvalue weighted by atomic mass is 15.2. The van der Waals surface area contributed by atoms with Gasteiger partial charge in [0.15, 0.2) is 0 Å². The third-order valence-electron chi connectivity index (χ3n) is 14.0. The van der Waals surface area contributed by atoms with E-state index in [1.807, 2.05) is 0 Å². The highest BCUT2D eigenvalue weighted by Crippen LogP contribution is 2.45. The molecule has 0 atom stereocenters. The Balaban J connectivity index is 0.911. The second kappa shape index (κ2) is 16.9. The number of aryl methyl sites for hydroxylation is 2. The van der Waals surface area contributed by atoms with Gasteiger partial charge in [0.25, 0.3) is 0 Å². The van der Waals surface area contributed by atoms with Gasteiger partial charge >= 0.3 is 0 Å². The fraction of sp³-hybridized carbons (Fsp3) is 0.0303. The first kappa shape index (κ1) is 41.1. The van der Waals surface area contributed by atoms with Gasteiger partial charge in [-0.2, -0.15) is 0 Å². The Morgan fingerprint density at radius 1 is 0.271 bits per heavy atom. The van der Waals surface area contributed by atoms with Crippen molar-refractivity contribution in [3.63, 3.8) is 0 Å². The summed E-state index contributed by atoms with van der Waals surface area (Å²) in [6.45, 7) is 4.28. The number of hydrogen-bond donors (Lipinski definition) is 0. The van der Waals surface area contributed by atoms with Crippen molar-refractivity contribution in [3.8, 4) is 22.5 Å². The van der Waals surface area contributed by atoms with Crippen LogP contribution in [-0.2, 0) is 0 Å². The monoisotopic (exact) mass is 896 g/mol. The molecule has 0 aliphatic carbocycles. The summed E-state index contributed by atoms with van der Waals surface area (Å²) < 4.78 is 4.77. The molecule has 70 heavy (non-hydrogen) atoms. The summed E-state index contributed by atoms with van der Waals surface area (Å²) in [6.07, 6.45) is 0. The van der Waals surface area contributed by atoms with E-state index in [-0.39, 0.29) is 0 Å². The lowest BCUT2D eigenvalue weighted by atomic mass is 9.96. The molecule has 0 bridgehead atoms. The van der Waals surface area contributed by atoms with Crippen LogP contribution in [0, 0.1) is 13.8 Å². The van der Waals surface area contributed by atoms with Crippen LogP contribution in [0.25, 0.3) is 76.9 Å². The number of benzene rings is 11. The lowest BCUT2D eigenvalue weighted by Gasteiger charge is -2.28. The standard InChI is InChI=1S/C66H48N4/c1-45-25-31-51(32-26-45)69-62-23-13-11-21-58(62)60-43-53(37-40-65(60)69)67(48-15-5-3-6-16-48)50-35-29-47(30-36-50)55-39-42-64(57-20-10-9-19-56(55)57)68(49-17-7-4-8-18-49)54-38-41-66-61(44-54)59-22-12-14-24-63(59)70(66)52-33-27-46(2)28-34-52/h3-44H,1-2H3. The first-order valence-electron chi connectivity index (χ1n) is 24.1. The van der Waals surface area contributed by atoms with Gasteiger partial charge < -0.3 is 18.9 Å². The van der Waals surface area contributed by atoms with Crippen molar-refractivity contribution < 1.29 is 0 Å². The lowest BCUT2D eigenvalue weighted by molar-refractivity contribution is 1.17. The summed E-state index contributed by atoms with van der Waals surface area (Å²) in [5, 5.41) is 7.27. The molecule has 2 aromatic heterocycles. The van der Waals surface area contributed by atoms with Crippen molar-refractivity contribution >= 4 is 88.5 Å². The van der Waals surface area contributed by atoms with Crippen LogP contribution in [0.5, 0.6) is 0 Å². The Morgan fingerprint density at radius 3 is 1.20 bits per heavy atom. The van der Waals surface area contributed by atoms with Crippen LogP contribution >= 0.6 is 0 Å². The third kappa shape index (κ3) is 6.92. The molecule has 0 unspecified atom stereocenters. The van der Waals surface area contributed by atoms with E-state index in [1.165, 1.54) is 71.1 Å². The van der Waals surface area contributed by atoms with E-state index >= 15 is 0 Å². The van der Waals surface area contributed by atoms with Crippen LogP contribution in [0.15, 0.2) is 255 Å². The smallest absolute Gasteiger partial charge is 0.0542 e. The van der Waals surface area contributed by atoms with E-state index < -0.39 is 0 Å². The van der Waals surface area contributed by atoms with Crippen LogP contribution in [0.1, 0.15) is 11.1 Å². The highest BCUT2D eigenvalue weighted by molar-refractivity contribution is 6.13. The van der Waals surface area contributed by atoms with Crippen molar-refractivity contribution in [2.24, 2.45) is 0 Å². The minimum Gasteiger partial charge on any atom is -0.310 e. The topological polar surface area (TPSA) is 16.3 Å². The van der Waals surface area contributed by atoms with Gasteiger partial charge in [0.05, 0.1) is 27.8 Å². The molecule has 0 radical (unpaired) electrons. The first-order chi connectivity index (χ1) is 34.6. The van der Waals surface area contributed by atoms with Gasteiger partial charge in [0, 0.05) is 66.7 Å². The van der Waals surface area contributed by atoms with Crippen LogP contribution in [0.2, 0.25) is 0 Å². The molecule has 0 N–H and O–H groups in total. The summed E-state index contributed by atoms with van der Waals surface area (Å²) in [5.41, 5.74) is 18.6. The van der Waals surface area contributed by atoms with Gasteiger partial charge in [-0.1, -0.05) is 151 Å². The molecule has 0 saturated carbocycles. The Bertz CT molecular complexity index is 4050. The minimum atomic E-state index is 1.09. The van der Waals surface area contributed by atoms with E-state index in [0.717, 1.165) is 51.1 Å². The van der Waals surface area contributed by atoms with Crippen LogP contribution in [0.4, 0.5) is 34.1 Å². The maximum absolute atomic E-state index is 2.42. The molecular formula is C66H48N4. The summed E-state index contributed by atoms with van der Waals surface area (Å²) in [4.78, 5) is 4.79. The summed E-state index contributed by atoms with van der Waals surface area (Å²) in [6, 6.07) is 93.0. The Kier molecular flexibility index (Phi) is 9.91. The first-order valence-corrected chi connectivity index (χ1v) is 24.1. The van der Waals surface area contributed by atoms with Gasteiger partial charge in [-0.3, -0.25) is 0 Å². The highest BCUT2D eigenvalue weighted by Gasteiger charge is 2.22. The predicted molar refractivity (Wildman–Crippen MR) is 297 cm³/mol. The normalized spacial score (nSPS) is 11.6. The van der Waals surface area contributed by atoms with Gasteiger partial charge in [-0.25, -0.2) is 0 Å². The largest absolute Gasteiger partial charge is 0.310 e.